The first-order valence-corrected chi connectivity index (χ1v) is 5.51. The smallest absolute Gasteiger partial charge is 0.165 e. The zero-order valence-corrected chi connectivity index (χ0v) is 10.1. The van der Waals surface area contributed by atoms with Gasteiger partial charge in [0, 0.05) is 18.2 Å². The first-order valence-electron chi connectivity index (χ1n) is 5.51. The predicted octanol–water partition coefficient (Wildman–Crippen LogP) is 1.66. The molecular weight excluding hydrogens is 226 g/mol. The molecule has 3 nitrogen and oxygen atoms in total. The van der Waals surface area contributed by atoms with Crippen LogP contribution in [-0.4, -0.2) is 20.2 Å². The van der Waals surface area contributed by atoms with Crippen LogP contribution in [0.5, 0.6) is 5.75 Å². The van der Waals surface area contributed by atoms with Crippen molar-refractivity contribution >= 4 is 0 Å². The maximum atomic E-state index is 13.5. The van der Waals surface area contributed by atoms with Gasteiger partial charge in [-0.25, -0.2) is 8.78 Å². The highest BCUT2D eigenvalue weighted by molar-refractivity contribution is 5.30. The molecule has 0 heterocycles. The van der Waals surface area contributed by atoms with Gasteiger partial charge >= 0.3 is 0 Å². The minimum atomic E-state index is -0.558. The van der Waals surface area contributed by atoms with Crippen LogP contribution in [0.15, 0.2) is 12.1 Å². The Balaban J connectivity index is 2.62. The lowest BCUT2D eigenvalue weighted by atomic mass is 10.1. The molecular formula is C12H18F2N2O. The van der Waals surface area contributed by atoms with E-state index in [2.05, 4.69) is 10.1 Å². The molecule has 1 unspecified atom stereocenters. The molecule has 0 aliphatic heterocycles. The van der Waals surface area contributed by atoms with E-state index in [0.29, 0.717) is 19.0 Å². The number of hydrogen-bond acceptors (Lipinski definition) is 3. The fourth-order valence-corrected chi connectivity index (χ4v) is 1.40. The Labute approximate surface area is 100.0 Å². The molecule has 1 aromatic carbocycles. The SMILES string of the molecule is COc1cc(F)c(CNCC(C)CN)cc1F. The molecule has 1 aromatic rings. The van der Waals surface area contributed by atoms with Crippen molar-refractivity contribution < 1.29 is 13.5 Å². The van der Waals surface area contributed by atoms with Crippen LogP contribution < -0.4 is 15.8 Å². The fourth-order valence-electron chi connectivity index (χ4n) is 1.40. The first kappa shape index (κ1) is 13.9. The number of halogens is 2. The van der Waals surface area contributed by atoms with Crippen LogP contribution in [0.3, 0.4) is 0 Å². The van der Waals surface area contributed by atoms with Crippen molar-refractivity contribution in [2.24, 2.45) is 11.7 Å². The standard InChI is InChI=1S/C12H18F2N2O/c1-8(5-15)6-16-7-9-3-11(14)12(17-2)4-10(9)13/h3-4,8,16H,5-7,15H2,1-2H3. The van der Waals surface area contributed by atoms with Gasteiger partial charge in [-0.1, -0.05) is 6.92 Å². The minimum Gasteiger partial charge on any atom is -0.494 e. The Morgan fingerprint density at radius 2 is 2.06 bits per heavy atom. The largest absolute Gasteiger partial charge is 0.494 e. The van der Waals surface area contributed by atoms with Crippen LogP contribution in [0.4, 0.5) is 8.78 Å². The van der Waals surface area contributed by atoms with E-state index in [4.69, 9.17) is 5.73 Å². The van der Waals surface area contributed by atoms with Crippen molar-refractivity contribution in [2.45, 2.75) is 13.5 Å². The van der Waals surface area contributed by atoms with Crippen molar-refractivity contribution in [3.8, 4) is 5.75 Å². The summed E-state index contributed by atoms with van der Waals surface area (Å²) in [4.78, 5) is 0. The Hall–Kier alpha value is -1.20. The molecule has 0 aromatic heterocycles. The van der Waals surface area contributed by atoms with E-state index in [1.54, 1.807) is 0 Å². The van der Waals surface area contributed by atoms with E-state index in [0.717, 1.165) is 12.1 Å². The molecule has 0 saturated heterocycles. The van der Waals surface area contributed by atoms with Crippen LogP contribution in [0.25, 0.3) is 0 Å². The highest BCUT2D eigenvalue weighted by Gasteiger charge is 2.10. The third-order valence-corrected chi connectivity index (χ3v) is 2.53. The molecule has 1 rings (SSSR count). The average Bonchev–Trinajstić information content (AvgIpc) is 2.32. The van der Waals surface area contributed by atoms with Gasteiger partial charge in [0.25, 0.3) is 0 Å². The third kappa shape index (κ3) is 3.94. The Kier molecular flexibility index (Phi) is 5.31. The van der Waals surface area contributed by atoms with Gasteiger partial charge in [0.1, 0.15) is 5.82 Å². The topological polar surface area (TPSA) is 47.3 Å². The monoisotopic (exact) mass is 244 g/mol. The number of rotatable bonds is 6. The second-order valence-electron chi connectivity index (χ2n) is 4.05. The van der Waals surface area contributed by atoms with E-state index < -0.39 is 11.6 Å². The molecule has 0 bridgehead atoms. The number of ether oxygens (including phenoxy) is 1. The first-order chi connectivity index (χ1) is 8.08. The van der Waals surface area contributed by atoms with Crippen molar-refractivity contribution in [1.29, 1.82) is 0 Å². The lowest BCUT2D eigenvalue weighted by Gasteiger charge is -2.11. The molecule has 17 heavy (non-hydrogen) atoms. The predicted molar refractivity (Wildman–Crippen MR) is 62.8 cm³/mol. The van der Waals surface area contributed by atoms with Crippen molar-refractivity contribution in [1.82, 2.24) is 5.32 Å². The number of benzene rings is 1. The van der Waals surface area contributed by atoms with Gasteiger partial charge in [0.2, 0.25) is 0 Å². The van der Waals surface area contributed by atoms with Gasteiger partial charge in [-0.05, 0) is 25.1 Å². The van der Waals surface area contributed by atoms with Crippen LogP contribution in [-0.2, 0) is 6.54 Å². The van der Waals surface area contributed by atoms with Gasteiger partial charge in [0.15, 0.2) is 11.6 Å². The zero-order valence-electron chi connectivity index (χ0n) is 10.1. The van der Waals surface area contributed by atoms with E-state index in [9.17, 15) is 8.78 Å². The Morgan fingerprint density at radius 3 is 2.65 bits per heavy atom. The summed E-state index contributed by atoms with van der Waals surface area (Å²) >= 11 is 0. The number of methoxy groups -OCH3 is 1. The highest BCUT2D eigenvalue weighted by Crippen LogP contribution is 2.21. The van der Waals surface area contributed by atoms with Crippen molar-refractivity contribution in [3.05, 3.63) is 29.3 Å². The van der Waals surface area contributed by atoms with Gasteiger partial charge in [-0.2, -0.15) is 0 Å². The molecule has 0 spiro atoms. The van der Waals surface area contributed by atoms with Crippen molar-refractivity contribution in [2.75, 3.05) is 20.2 Å². The van der Waals surface area contributed by atoms with E-state index in [1.807, 2.05) is 6.92 Å². The molecule has 0 saturated carbocycles. The summed E-state index contributed by atoms with van der Waals surface area (Å²) < 4.78 is 31.5. The summed E-state index contributed by atoms with van der Waals surface area (Å²) in [6.45, 7) is 3.49. The summed E-state index contributed by atoms with van der Waals surface area (Å²) in [5.74, 6) is -0.809. The maximum absolute atomic E-state index is 13.5. The summed E-state index contributed by atoms with van der Waals surface area (Å²) in [6, 6.07) is 2.20. The summed E-state index contributed by atoms with van der Waals surface area (Å²) in [5, 5.41) is 3.03. The van der Waals surface area contributed by atoms with E-state index in [1.165, 1.54) is 7.11 Å². The molecule has 1 atom stereocenters. The lowest BCUT2D eigenvalue weighted by molar-refractivity contribution is 0.381. The van der Waals surface area contributed by atoms with Gasteiger partial charge in [-0.3, -0.25) is 0 Å². The maximum Gasteiger partial charge on any atom is 0.165 e. The van der Waals surface area contributed by atoms with E-state index in [-0.39, 0.29) is 17.9 Å². The van der Waals surface area contributed by atoms with E-state index >= 15 is 0 Å². The molecule has 0 aliphatic rings. The summed E-state index contributed by atoms with van der Waals surface area (Å²) in [7, 11) is 1.30. The number of nitrogens with two attached hydrogens (primary N) is 1. The Bertz CT molecular complexity index is 372. The van der Waals surface area contributed by atoms with Crippen LogP contribution in [0, 0.1) is 17.6 Å². The second-order valence-corrected chi connectivity index (χ2v) is 4.05. The number of nitrogens with one attached hydrogen (secondary N) is 1. The second kappa shape index (κ2) is 6.51. The van der Waals surface area contributed by atoms with Crippen LogP contribution in [0.2, 0.25) is 0 Å². The van der Waals surface area contributed by atoms with Gasteiger partial charge in [0.05, 0.1) is 7.11 Å². The molecule has 0 amide bonds. The normalized spacial score (nSPS) is 12.5. The fraction of sp³-hybridized carbons (Fsp3) is 0.500. The Morgan fingerprint density at radius 1 is 1.35 bits per heavy atom. The highest BCUT2D eigenvalue weighted by atomic mass is 19.1. The zero-order chi connectivity index (χ0) is 12.8. The van der Waals surface area contributed by atoms with Gasteiger partial charge < -0.3 is 15.8 Å². The molecule has 0 fully saturated rings. The molecule has 3 N–H and O–H groups in total. The van der Waals surface area contributed by atoms with Crippen LogP contribution >= 0.6 is 0 Å². The molecule has 0 aliphatic carbocycles. The van der Waals surface area contributed by atoms with Crippen LogP contribution in [0.1, 0.15) is 12.5 Å². The minimum absolute atomic E-state index is 0.0819. The molecule has 0 radical (unpaired) electrons. The summed E-state index contributed by atoms with van der Waals surface area (Å²) in [6.07, 6.45) is 0. The quantitative estimate of drug-likeness (QED) is 0.800. The lowest BCUT2D eigenvalue weighted by Crippen LogP contribution is -2.26. The third-order valence-electron chi connectivity index (χ3n) is 2.53. The van der Waals surface area contributed by atoms with Crippen molar-refractivity contribution in [3.63, 3.8) is 0 Å². The summed E-state index contributed by atoms with van der Waals surface area (Å²) in [5.41, 5.74) is 5.74. The molecule has 5 heteroatoms. The van der Waals surface area contributed by atoms with Gasteiger partial charge in [-0.15, -0.1) is 0 Å². The average molecular weight is 244 g/mol. The molecule has 96 valence electrons. The number of hydrogen-bond donors (Lipinski definition) is 2.